The Morgan fingerprint density at radius 1 is 1.33 bits per heavy atom. The largest absolute Gasteiger partial charge is 0.452 e. The van der Waals surface area contributed by atoms with Gasteiger partial charge in [0.25, 0.3) is 0 Å². The van der Waals surface area contributed by atoms with Gasteiger partial charge in [-0.2, -0.15) is 0 Å². The molecule has 0 amide bonds. The topological polar surface area (TPSA) is 26.3 Å². The van der Waals surface area contributed by atoms with E-state index in [4.69, 9.17) is 11.2 Å². The fourth-order valence-corrected chi connectivity index (χ4v) is 1.28. The van der Waals surface area contributed by atoms with E-state index in [2.05, 4.69) is 5.92 Å². The molecule has 2 heteroatoms. The summed E-state index contributed by atoms with van der Waals surface area (Å²) >= 11 is 0. The first kappa shape index (κ1) is 11.3. The molecule has 0 aliphatic carbocycles. The van der Waals surface area contributed by atoms with Gasteiger partial charge in [0.1, 0.15) is 0 Å². The summed E-state index contributed by atoms with van der Waals surface area (Å²) in [4.78, 5) is 11.1. The molecule has 0 aliphatic heterocycles. The molecule has 1 rings (SSSR count). The van der Waals surface area contributed by atoms with E-state index in [0.717, 1.165) is 12.8 Å². The highest BCUT2D eigenvalue weighted by molar-refractivity contribution is 5.69. The van der Waals surface area contributed by atoms with Gasteiger partial charge in [0.15, 0.2) is 6.61 Å². The summed E-state index contributed by atoms with van der Waals surface area (Å²) < 4.78 is 4.75. The van der Waals surface area contributed by atoms with Crippen molar-refractivity contribution in [3.8, 4) is 12.3 Å². The lowest BCUT2D eigenvalue weighted by Gasteiger charge is -2.01. The van der Waals surface area contributed by atoms with E-state index in [-0.39, 0.29) is 12.6 Å². The summed E-state index contributed by atoms with van der Waals surface area (Å²) in [5.41, 5.74) is 1.24. The highest BCUT2D eigenvalue weighted by Gasteiger charge is 2.01. The molecular formula is C13H14O2. The molecule has 0 bridgehead atoms. The fraction of sp³-hybridized carbons (Fsp3) is 0.308. The normalized spacial score (nSPS) is 9.27. The molecule has 78 valence electrons. The first-order chi connectivity index (χ1) is 7.33. The summed E-state index contributed by atoms with van der Waals surface area (Å²) in [6.07, 6.45) is 7.09. The zero-order valence-corrected chi connectivity index (χ0v) is 8.61. The van der Waals surface area contributed by atoms with E-state index in [0.29, 0.717) is 6.42 Å². The van der Waals surface area contributed by atoms with E-state index in [1.807, 2.05) is 30.3 Å². The average Bonchev–Trinajstić information content (AvgIpc) is 2.28. The van der Waals surface area contributed by atoms with Gasteiger partial charge >= 0.3 is 5.97 Å². The molecule has 0 N–H and O–H groups in total. The number of benzene rings is 1. The van der Waals surface area contributed by atoms with Crippen LogP contribution in [0.15, 0.2) is 30.3 Å². The second-order valence-corrected chi connectivity index (χ2v) is 3.20. The van der Waals surface area contributed by atoms with Crippen molar-refractivity contribution < 1.29 is 9.53 Å². The van der Waals surface area contributed by atoms with Gasteiger partial charge in [-0.1, -0.05) is 36.3 Å². The molecule has 1 aromatic carbocycles. The summed E-state index contributed by atoms with van der Waals surface area (Å²) in [7, 11) is 0. The van der Waals surface area contributed by atoms with Gasteiger partial charge in [-0.15, -0.1) is 6.42 Å². The molecule has 0 aromatic heterocycles. The molecule has 0 unspecified atom stereocenters. The van der Waals surface area contributed by atoms with Crippen LogP contribution in [-0.4, -0.2) is 12.6 Å². The van der Waals surface area contributed by atoms with Crippen molar-refractivity contribution in [2.75, 3.05) is 6.61 Å². The monoisotopic (exact) mass is 202 g/mol. The molecule has 0 atom stereocenters. The second-order valence-electron chi connectivity index (χ2n) is 3.20. The van der Waals surface area contributed by atoms with Gasteiger partial charge < -0.3 is 4.74 Å². The number of esters is 1. The number of carbonyl (C=O) groups is 1. The lowest BCUT2D eigenvalue weighted by molar-refractivity contribution is -0.142. The number of rotatable bonds is 5. The van der Waals surface area contributed by atoms with Gasteiger partial charge in [-0.05, 0) is 18.4 Å². The number of aryl methyl sites for hydroxylation is 1. The van der Waals surface area contributed by atoms with Crippen molar-refractivity contribution in [1.82, 2.24) is 0 Å². The number of hydrogen-bond donors (Lipinski definition) is 0. The molecule has 1 aromatic rings. The number of carbonyl (C=O) groups excluding carboxylic acids is 1. The van der Waals surface area contributed by atoms with Crippen molar-refractivity contribution in [2.45, 2.75) is 19.3 Å². The Bertz CT molecular complexity index is 335. The molecular weight excluding hydrogens is 188 g/mol. The Labute approximate surface area is 90.3 Å². The Hall–Kier alpha value is -1.75. The van der Waals surface area contributed by atoms with Gasteiger partial charge in [-0.3, -0.25) is 4.79 Å². The predicted molar refractivity (Wildman–Crippen MR) is 59.2 cm³/mol. The van der Waals surface area contributed by atoms with Gasteiger partial charge in [0, 0.05) is 6.42 Å². The van der Waals surface area contributed by atoms with Crippen LogP contribution in [0.4, 0.5) is 0 Å². The van der Waals surface area contributed by atoms with E-state index in [1.165, 1.54) is 5.56 Å². The summed E-state index contributed by atoms with van der Waals surface area (Å²) in [5, 5.41) is 0. The fourth-order valence-electron chi connectivity index (χ4n) is 1.28. The van der Waals surface area contributed by atoms with Gasteiger partial charge in [0.2, 0.25) is 0 Å². The predicted octanol–water partition coefficient (Wildman–Crippen LogP) is 2.19. The highest BCUT2D eigenvalue weighted by atomic mass is 16.5. The van der Waals surface area contributed by atoms with Crippen LogP contribution in [-0.2, 0) is 16.0 Å². The number of hydrogen-bond acceptors (Lipinski definition) is 2. The highest BCUT2D eigenvalue weighted by Crippen LogP contribution is 2.04. The Morgan fingerprint density at radius 3 is 2.73 bits per heavy atom. The number of ether oxygens (including phenoxy) is 1. The standard InChI is InChI=1S/C13H14O2/c1-2-11-15-13(14)10-6-9-12-7-4-3-5-8-12/h1,3-5,7-8H,6,9-11H2. The summed E-state index contributed by atoms with van der Waals surface area (Å²) in [5.74, 6) is 2.05. The summed E-state index contributed by atoms with van der Waals surface area (Å²) in [6.45, 7) is 0.0736. The molecule has 0 spiro atoms. The van der Waals surface area contributed by atoms with Crippen LogP contribution in [0.2, 0.25) is 0 Å². The molecule has 0 radical (unpaired) electrons. The molecule has 0 fully saturated rings. The van der Waals surface area contributed by atoms with Crippen LogP contribution in [0.25, 0.3) is 0 Å². The second kappa shape index (κ2) is 6.67. The van der Waals surface area contributed by atoms with E-state index in [9.17, 15) is 4.79 Å². The van der Waals surface area contributed by atoms with E-state index >= 15 is 0 Å². The maximum Gasteiger partial charge on any atom is 0.306 e. The molecule has 2 nitrogen and oxygen atoms in total. The average molecular weight is 202 g/mol. The van der Waals surface area contributed by atoms with Crippen LogP contribution >= 0.6 is 0 Å². The van der Waals surface area contributed by atoms with Crippen molar-refractivity contribution in [3.05, 3.63) is 35.9 Å². The third-order valence-corrected chi connectivity index (χ3v) is 2.01. The minimum atomic E-state index is -0.219. The molecule has 0 aliphatic rings. The Balaban J connectivity index is 2.17. The minimum absolute atomic E-state index is 0.0736. The smallest absolute Gasteiger partial charge is 0.306 e. The summed E-state index contributed by atoms with van der Waals surface area (Å²) in [6, 6.07) is 10.1. The molecule has 0 heterocycles. The first-order valence-corrected chi connectivity index (χ1v) is 4.96. The van der Waals surface area contributed by atoms with Crippen LogP contribution < -0.4 is 0 Å². The van der Waals surface area contributed by atoms with E-state index in [1.54, 1.807) is 0 Å². The van der Waals surface area contributed by atoms with Crippen LogP contribution in [0.1, 0.15) is 18.4 Å². The van der Waals surface area contributed by atoms with Crippen LogP contribution in [0.3, 0.4) is 0 Å². The zero-order valence-electron chi connectivity index (χ0n) is 8.61. The first-order valence-electron chi connectivity index (χ1n) is 4.96. The molecule has 0 saturated heterocycles. The van der Waals surface area contributed by atoms with Gasteiger partial charge in [0.05, 0.1) is 0 Å². The number of terminal acetylenes is 1. The quantitative estimate of drug-likeness (QED) is 0.540. The van der Waals surface area contributed by atoms with Crippen molar-refractivity contribution in [3.63, 3.8) is 0 Å². The third kappa shape index (κ3) is 4.87. The Morgan fingerprint density at radius 2 is 2.07 bits per heavy atom. The van der Waals surface area contributed by atoms with E-state index < -0.39 is 0 Å². The minimum Gasteiger partial charge on any atom is -0.452 e. The third-order valence-electron chi connectivity index (χ3n) is 2.01. The van der Waals surface area contributed by atoms with Crippen molar-refractivity contribution >= 4 is 5.97 Å². The van der Waals surface area contributed by atoms with Crippen LogP contribution in [0.5, 0.6) is 0 Å². The maximum absolute atomic E-state index is 11.1. The van der Waals surface area contributed by atoms with Crippen molar-refractivity contribution in [2.24, 2.45) is 0 Å². The maximum atomic E-state index is 11.1. The van der Waals surface area contributed by atoms with Crippen LogP contribution in [0, 0.1) is 12.3 Å². The molecule has 0 saturated carbocycles. The van der Waals surface area contributed by atoms with Gasteiger partial charge in [-0.25, -0.2) is 0 Å². The SMILES string of the molecule is C#CCOC(=O)CCCc1ccccc1. The van der Waals surface area contributed by atoms with Crippen molar-refractivity contribution in [1.29, 1.82) is 0 Å². The lowest BCUT2D eigenvalue weighted by Crippen LogP contribution is -2.04. The lowest BCUT2D eigenvalue weighted by atomic mass is 10.1. The molecule has 15 heavy (non-hydrogen) atoms. The Kier molecular flexibility index (Phi) is 5.03. The zero-order chi connectivity index (χ0) is 10.9.